The number of methoxy groups -OCH3 is 1. The summed E-state index contributed by atoms with van der Waals surface area (Å²) in [5.74, 6) is -1.67. The Balaban J connectivity index is 1.19. The van der Waals surface area contributed by atoms with Gasteiger partial charge in [-0.05, 0) is 56.6 Å². The fraction of sp³-hybridized carbons (Fsp3) is 0.610. The van der Waals surface area contributed by atoms with Crippen LogP contribution in [-0.2, 0) is 23.9 Å². The number of carboxylic acid groups (broad SMARTS) is 1. The minimum Gasteiger partial charge on any atom is -0.495 e. The maximum Gasteiger partial charge on any atom is 0.408 e. The van der Waals surface area contributed by atoms with Gasteiger partial charge in [0.15, 0.2) is 5.13 Å². The number of pyridine rings is 1. The lowest BCUT2D eigenvalue weighted by molar-refractivity contribution is -0.146. The highest BCUT2D eigenvalue weighted by Gasteiger charge is 2.61. The highest BCUT2D eigenvalue weighted by Crippen LogP contribution is 2.47. The molecule has 314 valence electrons. The smallest absolute Gasteiger partial charge is 0.408 e. The Labute approximate surface area is 346 Å². The summed E-state index contributed by atoms with van der Waals surface area (Å²) in [6.45, 7) is 11.3. The molecule has 1 saturated carbocycles. The number of halogens is 1. The van der Waals surface area contributed by atoms with Crippen molar-refractivity contribution in [2.24, 2.45) is 11.3 Å². The Morgan fingerprint density at radius 1 is 1.07 bits per heavy atom. The van der Waals surface area contributed by atoms with Gasteiger partial charge in [0.2, 0.25) is 11.8 Å². The van der Waals surface area contributed by atoms with Crippen molar-refractivity contribution in [2.45, 2.75) is 135 Å². The molecule has 5 heterocycles. The monoisotopic (exact) mass is 840 g/mol. The number of hydrogen-bond donors (Lipinski definition) is 4. The van der Waals surface area contributed by atoms with E-state index in [4.69, 9.17) is 40.5 Å². The standard InChI is InChI=1S/C41H53ClN6O9S/c1-8-21-17-41(21,37(51)52)47-35(49)29-15-25(18-48(29)36(50)34(40(4,5)6)46-39(53)57-24-13-22-9-10-23(14-24)55-22)56-31-16-27(28-19-58-38(45-28)43-20(2)3)44-33-26(31)11-12-30(54-7)32(33)42/h11-12,16,19-25,29,34H,8-10,13-15,17-18H2,1-7H3,(H,43,45)(H,46,53)(H,47,49)(H,51,52)/t21-,22-,23+,24+,25-,29+,34-,41-/m1/s1. The van der Waals surface area contributed by atoms with Crippen LogP contribution in [0.5, 0.6) is 11.5 Å². The Morgan fingerprint density at radius 2 is 1.79 bits per heavy atom. The first kappa shape index (κ1) is 41.7. The van der Waals surface area contributed by atoms with E-state index in [-0.39, 0.29) is 54.7 Å². The molecule has 4 aliphatic rings. The number of benzene rings is 1. The van der Waals surface area contributed by atoms with Crippen molar-refractivity contribution in [3.8, 4) is 22.9 Å². The van der Waals surface area contributed by atoms with Crippen molar-refractivity contribution >= 4 is 62.8 Å². The molecular weight excluding hydrogens is 788 g/mol. The van der Waals surface area contributed by atoms with Crippen LogP contribution in [0, 0.1) is 11.3 Å². The van der Waals surface area contributed by atoms with Crippen LogP contribution in [-0.4, -0.2) is 106 Å². The van der Waals surface area contributed by atoms with Gasteiger partial charge < -0.3 is 44.9 Å². The lowest BCUT2D eigenvalue weighted by atomic mass is 9.85. The molecule has 4 fully saturated rings. The number of thiazole rings is 1. The molecule has 0 spiro atoms. The van der Waals surface area contributed by atoms with Crippen molar-refractivity contribution < 1.29 is 43.2 Å². The average molecular weight is 841 g/mol. The molecule has 3 aromatic rings. The molecule has 2 bridgehead atoms. The number of carbonyl (C=O) groups is 4. The summed E-state index contributed by atoms with van der Waals surface area (Å²) < 4.78 is 24.0. The van der Waals surface area contributed by atoms with Crippen LogP contribution < -0.4 is 25.4 Å². The summed E-state index contributed by atoms with van der Waals surface area (Å²) in [4.78, 5) is 65.9. The lowest BCUT2D eigenvalue weighted by Gasteiger charge is -2.36. The normalized spacial score (nSPS) is 26.9. The molecule has 3 saturated heterocycles. The zero-order valence-electron chi connectivity index (χ0n) is 33.9. The number of aromatic nitrogens is 2. The molecule has 8 atom stereocenters. The van der Waals surface area contributed by atoms with E-state index in [2.05, 4.69) is 16.0 Å². The number of aliphatic carboxylic acids is 1. The van der Waals surface area contributed by atoms with E-state index < -0.39 is 53.0 Å². The Hall–Kier alpha value is -4.41. The van der Waals surface area contributed by atoms with Gasteiger partial charge in [-0.3, -0.25) is 9.59 Å². The molecule has 0 unspecified atom stereocenters. The molecule has 3 amide bonds. The zero-order chi connectivity index (χ0) is 41.7. The number of alkyl carbamates (subject to hydrolysis) is 1. The summed E-state index contributed by atoms with van der Waals surface area (Å²) in [5.41, 5.74) is -0.735. The van der Waals surface area contributed by atoms with E-state index in [0.29, 0.717) is 53.1 Å². The van der Waals surface area contributed by atoms with Crippen LogP contribution in [0.3, 0.4) is 0 Å². The molecule has 4 N–H and O–H groups in total. The number of fused-ring (bicyclic) bond motifs is 3. The predicted molar refractivity (Wildman–Crippen MR) is 218 cm³/mol. The number of hydrogen-bond acceptors (Lipinski definition) is 12. The molecule has 1 aliphatic carbocycles. The van der Waals surface area contributed by atoms with Gasteiger partial charge in [0.25, 0.3) is 0 Å². The van der Waals surface area contributed by atoms with Gasteiger partial charge in [0.05, 0.1) is 37.1 Å². The van der Waals surface area contributed by atoms with E-state index in [0.717, 1.165) is 18.0 Å². The van der Waals surface area contributed by atoms with Crippen molar-refractivity contribution in [3.63, 3.8) is 0 Å². The fourth-order valence-electron chi connectivity index (χ4n) is 8.47. The third-order valence-electron chi connectivity index (χ3n) is 11.6. The average Bonchev–Trinajstić information content (AvgIpc) is 3.42. The second-order valence-electron chi connectivity index (χ2n) is 17.3. The predicted octanol–water partition coefficient (Wildman–Crippen LogP) is 6.41. The van der Waals surface area contributed by atoms with Crippen LogP contribution in [0.1, 0.15) is 86.5 Å². The molecule has 0 radical (unpaired) electrons. The van der Waals surface area contributed by atoms with Crippen molar-refractivity contribution in [3.05, 3.63) is 28.6 Å². The fourth-order valence-corrected chi connectivity index (χ4v) is 9.61. The van der Waals surface area contributed by atoms with E-state index in [1.807, 2.05) is 46.9 Å². The number of likely N-dealkylation sites (tertiary alicyclic amines) is 1. The molecular formula is C41H53ClN6O9S. The third kappa shape index (κ3) is 8.51. The molecule has 3 aliphatic heterocycles. The van der Waals surface area contributed by atoms with Gasteiger partial charge in [-0.15, -0.1) is 11.3 Å². The summed E-state index contributed by atoms with van der Waals surface area (Å²) >= 11 is 8.26. The van der Waals surface area contributed by atoms with Gasteiger partial charge in [0, 0.05) is 42.1 Å². The van der Waals surface area contributed by atoms with Crippen LogP contribution in [0.25, 0.3) is 22.3 Å². The summed E-state index contributed by atoms with van der Waals surface area (Å²) in [6.07, 6.45) is 2.26. The minimum atomic E-state index is -1.42. The highest BCUT2D eigenvalue weighted by atomic mass is 35.5. The van der Waals surface area contributed by atoms with Crippen molar-refractivity contribution in [1.29, 1.82) is 0 Å². The molecule has 7 rings (SSSR count). The first-order valence-electron chi connectivity index (χ1n) is 20.0. The topological polar surface area (TPSA) is 191 Å². The lowest BCUT2D eigenvalue weighted by Crippen LogP contribution is -2.59. The quantitative estimate of drug-likeness (QED) is 0.148. The number of rotatable bonds is 13. The number of ether oxygens (including phenoxy) is 4. The zero-order valence-corrected chi connectivity index (χ0v) is 35.5. The summed E-state index contributed by atoms with van der Waals surface area (Å²) in [6, 6.07) is 3.21. The number of anilines is 1. The maximum absolute atomic E-state index is 14.8. The number of carbonyl (C=O) groups excluding carboxylic acids is 3. The van der Waals surface area contributed by atoms with Gasteiger partial charge in [-0.25, -0.2) is 19.6 Å². The molecule has 1 aromatic carbocycles. The number of nitrogens with zero attached hydrogens (tertiary/aromatic N) is 3. The van der Waals surface area contributed by atoms with Gasteiger partial charge >= 0.3 is 12.1 Å². The Morgan fingerprint density at radius 3 is 2.41 bits per heavy atom. The SMILES string of the molecule is CC[C@@H]1C[C@]1(NC(=O)[C@@H]1C[C@@H](Oc2cc(-c3csc(NC(C)C)n3)nc3c(Cl)c(OC)ccc23)CN1C(=O)[C@@H](NC(=O)O[C@H]1C[C@H]2CC[C@@H](C1)O2)C(C)(C)C)C(=O)O. The van der Waals surface area contributed by atoms with Gasteiger partial charge in [0.1, 0.15) is 52.0 Å². The third-order valence-corrected chi connectivity index (χ3v) is 12.7. The van der Waals surface area contributed by atoms with Crippen LogP contribution in [0.15, 0.2) is 23.6 Å². The molecule has 17 heteroatoms. The molecule has 58 heavy (non-hydrogen) atoms. The molecule has 15 nitrogen and oxygen atoms in total. The van der Waals surface area contributed by atoms with Gasteiger partial charge in [-0.1, -0.05) is 45.7 Å². The van der Waals surface area contributed by atoms with Crippen molar-refractivity contribution in [1.82, 2.24) is 25.5 Å². The Bertz CT molecular complexity index is 2060. The number of carboxylic acids is 1. The van der Waals surface area contributed by atoms with E-state index >= 15 is 0 Å². The summed E-state index contributed by atoms with van der Waals surface area (Å²) in [5, 5.41) is 22.6. The number of nitrogens with one attached hydrogen (secondary N) is 3. The van der Waals surface area contributed by atoms with Crippen molar-refractivity contribution in [2.75, 3.05) is 19.0 Å². The van der Waals surface area contributed by atoms with E-state index in [1.54, 1.807) is 18.2 Å². The highest BCUT2D eigenvalue weighted by molar-refractivity contribution is 7.14. The molecule has 2 aromatic heterocycles. The van der Waals surface area contributed by atoms with Crippen LogP contribution in [0.2, 0.25) is 5.02 Å². The van der Waals surface area contributed by atoms with Gasteiger partial charge in [-0.2, -0.15) is 0 Å². The van der Waals surface area contributed by atoms with Crippen LogP contribution >= 0.6 is 22.9 Å². The second kappa shape index (κ2) is 16.3. The summed E-state index contributed by atoms with van der Waals surface area (Å²) in [7, 11) is 1.51. The Kier molecular flexibility index (Phi) is 11.7. The van der Waals surface area contributed by atoms with E-state index in [1.165, 1.54) is 23.3 Å². The largest absolute Gasteiger partial charge is 0.495 e. The maximum atomic E-state index is 14.8. The first-order chi connectivity index (χ1) is 27.5. The minimum absolute atomic E-state index is 0.0387. The second-order valence-corrected chi connectivity index (χ2v) is 18.5. The first-order valence-corrected chi connectivity index (χ1v) is 21.3. The van der Waals surface area contributed by atoms with Crippen LogP contribution in [0.4, 0.5) is 9.93 Å². The number of amides is 3. The van der Waals surface area contributed by atoms with E-state index in [9.17, 15) is 24.3 Å².